The third-order valence-corrected chi connectivity index (χ3v) is 2.54. The lowest BCUT2D eigenvalue weighted by Gasteiger charge is -2.12. The fourth-order valence-corrected chi connectivity index (χ4v) is 1.84. The van der Waals surface area contributed by atoms with Crippen molar-refractivity contribution in [3.05, 3.63) is 17.5 Å². The van der Waals surface area contributed by atoms with Crippen molar-refractivity contribution in [1.82, 2.24) is 9.97 Å². The van der Waals surface area contributed by atoms with Gasteiger partial charge in [0.05, 0.1) is 12.4 Å². The standard InChI is InChI=1S/C9H10ClF2N3/c10-7-4-13-5-8(15-7)14-6-1-2-9(11,12)3-6/h4-6H,1-3H2,(H,14,15). The number of hydrogen-bond donors (Lipinski definition) is 1. The van der Waals surface area contributed by atoms with Crippen molar-refractivity contribution in [2.75, 3.05) is 5.32 Å². The molecule has 0 bridgehead atoms. The van der Waals surface area contributed by atoms with Crippen LogP contribution in [0.15, 0.2) is 12.4 Å². The van der Waals surface area contributed by atoms with E-state index >= 15 is 0 Å². The van der Waals surface area contributed by atoms with Gasteiger partial charge in [0, 0.05) is 18.9 Å². The summed E-state index contributed by atoms with van der Waals surface area (Å²) in [5, 5.41) is 3.15. The van der Waals surface area contributed by atoms with E-state index in [4.69, 9.17) is 11.6 Å². The molecular weight excluding hydrogens is 224 g/mol. The number of halogens is 3. The van der Waals surface area contributed by atoms with Gasteiger partial charge in [0.15, 0.2) is 0 Å². The maximum atomic E-state index is 12.9. The lowest BCUT2D eigenvalue weighted by molar-refractivity contribution is 0.00852. The normalized spacial score (nSPS) is 24.1. The SMILES string of the molecule is FC1(F)CCC(Nc2cncc(Cl)n2)C1. The molecule has 15 heavy (non-hydrogen) atoms. The average molecular weight is 234 g/mol. The van der Waals surface area contributed by atoms with Crippen LogP contribution in [0.3, 0.4) is 0 Å². The second kappa shape index (κ2) is 3.89. The Balaban J connectivity index is 1.99. The Kier molecular flexibility index (Phi) is 2.73. The first-order chi connectivity index (χ1) is 7.05. The van der Waals surface area contributed by atoms with E-state index in [9.17, 15) is 8.78 Å². The zero-order valence-electron chi connectivity index (χ0n) is 7.88. The highest BCUT2D eigenvalue weighted by Gasteiger charge is 2.39. The maximum absolute atomic E-state index is 12.9. The molecule has 3 nitrogen and oxygen atoms in total. The topological polar surface area (TPSA) is 37.8 Å². The Morgan fingerprint density at radius 3 is 2.87 bits per heavy atom. The molecule has 1 aliphatic carbocycles. The molecule has 1 saturated carbocycles. The lowest BCUT2D eigenvalue weighted by Crippen LogP contribution is -2.19. The van der Waals surface area contributed by atoms with Gasteiger partial charge in [-0.1, -0.05) is 11.6 Å². The van der Waals surface area contributed by atoms with E-state index in [2.05, 4.69) is 15.3 Å². The molecule has 0 saturated heterocycles. The van der Waals surface area contributed by atoms with Crippen LogP contribution in [0.25, 0.3) is 0 Å². The quantitative estimate of drug-likeness (QED) is 0.854. The van der Waals surface area contributed by atoms with Gasteiger partial charge in [-0.05, 0) is 6.42 Å². The van der Waals surface area contributed by atoms with Crippen LogP contribution >= 0.6 is 11.6 Å². The van der Waals surface area contributed by atoms with E-state index in [1.54, 1.807) is 0 Å². The Bertz CT molecular complexity index is 359. The highest BCUT2D eigenvalue weighted by molar-refractivity contribution is 6.29. The summed E-state index contributed by atoms with van der Waals surface area (Å²) in [6, 6.07) is -0.243. The van der Waals surface area contributed by atoms with Gasteiger partial charge < -0.3 is 5.32 Å². The van der Waals surface area contributed by atoms with Crippen LogP contribution in [0, 0.1) is 0 Å². The molecule has 1 aromatic heterocycles. The van der Waals surface area contributed by atoms with Crippen molar-refractivity contribution >= 4 is 17.4 Å². The molecule has 6 heteroatoms. The minimum Gasteiger partial charge on any atom is -0.366 e. The van der Waals surface area contributed by atoms with Gasteiger partial charge in [-0.3, -0.25) is 4.98 Å². The van der Waals surface area contributed by atoms with Crippen LogP contribution in [-0.4, -0.2) is 21.9 Å². The van der Waals surface area contributed by atoms with E-state index in [-0.39, 0.29) is 24.0 Å². The van der Waals surface area contributed by atoms with Gasteiger partial charge in [0.25, 0.3) is 0 Å². The number of alkyl halides is 2. The summed E-state index contributed by atoms with van der Waals surface area (Å²) in [4.78, 5) is 7.75. The van der Waals surface area contributed by atoms with E-state index < -0.39 is 5.92 Å². The molecule has 1 unspecified atom stereocenters. The fraction of sp³-hybridized carbons (Fsp3) is 0.556. The second-order valence-electron chi connectivity index (χ2n) is 3.67. The molecule has 0 aromatic carbocycles. The summed E-state index contributed by atoms with van der Waals surface area (Å²) < 4.78 is 25.7. The number of nitrogens with zero attached hydrogens (tertiary/aromatic N) is 2. The molecule has 1 N–H and O–H groups in total. The van der Waals surface area contributed by atoms with E-state index in [0.29, 0.717) is 12.2 Å². The largest absolute Gasteiger partial charge is 0.366 e. The van der Waals surface area contributed by atoms with Crippen molar-refractivity contribution < 1.29 is 8.78 Å². The summed E-state index contributed by atoms with van der Waals surface area (Å²) in [7, 11) is 0. The van der Waals surface area contributed by atoms with Crippen LogP contribution in [-0.2, 0) is 0 Å². The minimum atomic E-state index is -2.55. The molecule has 0 radical (unpaired) electrons. The predicted octanol–water partition coefficient (Wildman–Crippen LogP) is 2.73. The van der Waals surface area contributed by atoms with Gasteiger partial charge in [-0.2, -0.15) is 0 Å². The molecule has 2 rings (SSSR count). The highest BCUT2D eigenvalue weighted by atomic mass is 35.5. The number of nitrogens with one attached hydrogen (secondary N) is 1. The first-order valence-electron chi connectivity index (χ1n) is 4.67. The zero-order valence-corrected chi connectivity index (χ0v) is 8.64. The summed E-state index contributed by atoms with van der Waals surface area (Å²) in [6.45, 7) is 0. The Hall–Kier alpha value is -0.970. The highest BCUT2D eigenvalue weighted by Crippen LogP contribution is 2.35. The molecule has 1 aliphatic rings. The zero-order chi connectivity index (χ0) is 10.9. The van der Waals surface area contributed by atoms with Crippen molar-refractivity contribution in [2.45, 2.75) is 31.2 Å². The number of aromatic nitrogens is 2. The lowest BCUT2D eigenvalue weighted by atomic mass is 10.2. The molecule has 1 aromatic rings. The van der Waals surface area contributed by atoms with Crippen molar-refractivity contribution in [1.29, 1.82) is 0 Å². The van der Waals surface area contributed by atoms with E-state index in [0.717, 1.165) is 0 Å². The minimum absolute atomic E-state index is 0.0708. The Morgan fingerprint density at radius 1 is 1.47 bits per heavy atom. The van der Waals surface area contributed by atoms with Crippen LogP contribution in [0.5, 0.6) is 0 Å². The maximum Gasteiger partial charge on any atom is 0.250 e. The molecule has 0 aliphatic heterocycles. The van der Waals surface area contributed by atoms with Crippen molar-refractivity contribution in [3.8, 4) is 0 Å². The van der Waals surface area contributed by atoms with Gasteiger partial charge in [0.2, 0.25) is 5.92 Å². The molecule has 0 spiro atoms. The summed E-state index contributed by atoms with van der Waals surface area (Å²) in [5.41, 5.74) is 0. The molecule has 1 atom stereocenters. The molecule has 82 valence electrons. The fourth-order valence-electron chi connectivity index (χ4n) is 1.69. The van der Waals surface area contributed by atoms with Crippen LogP contribution in [0.2, 0.25) is 5.15 Å². The summed E-state index contributed by atoms with van der Waals surface area (Å²) in [6.07, 6.45) is 3.10. The Morgan fingerprint density at radius 2 is 2.27 bits per heavy atom. The monoisotopic (exact) mass is 233 g/mol. The summed E-state index contributed by atoms with van der Waals surface area (Å²) in [5.74, 6) is -2.10. The van der Waals surface area contributed by atoms with Crippen molar-refractivity contribution in [2.24, 2.45) is 0 Å². The molecule has 1 heterocycles. The van der Waals surface area contributed by atoms with Crippen LogP contribution in [0.1, 0.15) is 19.3 Å². The molecular formula is C9H10ClF2N3. The molecule has 1 fully saturated rings. The average Bonchev–Trinajstić information content (AvgIpc) is 2.45. The third kappa shape index (κ3) is 2.75. The van der Waals surface area contributed by atoms with Crippen molar-refractivity contribution in [3.63, 3.8) is 0 Å². The first-order valence-corrected chi connectivity index (χ1v) is 5.05. The Labute approximate surface area is 90.9 Å². The van der Waals surface area contributed by atoms with Crippen LogP contribution < -0.4 is 5.32 Å². The van der Waals surface area contributed by atoms with Gasteiger partial charge in [-0.15, -0.1) is 0 Å². The van der Waals surface area contributed by atoms with Crippen LogP contribution in [0.4, 0.5) is 14.6 Å². The van der Waals surface area contributed by atoms with Gasteiger partial charge in [0.1, 0.15) is 11.0 Å². The van der Waals surface area contributed by atoms with Gasteiger partial charge in [-0.25, -0.2) is 13.8 Å². The number of hydrogen-bond acceptors (Lipinski definition) is 3. The summed E-state index contributed by atoms with van der Waals surface area (Å²) >= 11 is 5.62. The number of anilines is 1. The first kappa shape index (κ1) is 10.5. The number of rotatable bonds is 2. The smallest absolute Gasteiger partial charge is 0.250 e. The third-order valence-electron chi connectivity index (χ3n) is 2.36. The second-order valence-corrected chi connectivity index (χ2v) is 4.05. The van der Waals surface area contributed by atoms with Gasteiger partial charge >= 0.3 is 0 Å². The molecule has 0 amide bonds. The van der Waals surface area contributed by atoms with E-state index in [1.165, 1.54) is 12.4 Å². The van der Waals surface area contributed by atoms with E-state index in [1.807, 2.05) is 0 Å². The predicted molar refractivity (Wildman–Crippen MR) is 53.3 cm³/mol.